The van der Waals surface area contributed by atoms with Crippen molar-refractivity contribution in [1.82, 2.24) is 10.2 Å². The number of carbonyl (C=O) groups excluding carboxylic acids is 1. The third-order valence-electron chi connectivity index (χ3n) is 4.91. The van der Waals surface area contributed by atoms with Gasteiger partial charge >= 0.3 is 6.03 Å². The molecule has 2 rings (SSSR count). The van der Waals surface area contributed by atoms with Crippen LogP contribution in [-0.2, 0) is 0 Å². The molecule has 20 heavy (non-hydrogen) atoms. The van der Waals surface area contributed by atoms with Gasteiger partial charge in [0.2, 0.25) is 0 Å². The Morgan fingerprint density at radius 3 is 2.30 bits per heavy atom. The van der Waals surface area contributed by atoms with E-state index in [2.05, 4.69) is 5.32 Å². The molecule has 2 amide bonds. The average molecular weight is 282 g/mol. The molecule has 0 aliphatic heterocycles. The van der Waals surface area contributed by atoms with Crippen molar-refractivity contribution in [2.75, 3.05) is 13.6 Å². The van der Waals surface area contributed by atoms with Gasteiger partial charge in [0, 0.05) is 25.6 Å². The van der Waals surface area contributed by atoms with Crippen LogP contribution in [0.3, 0.4) is 0 Å². The van der Waals surface area contributed by atoms with Crippen LogP contribution in [-0.4, -0.2) is 41.8 Å². The molecule has 2 fully saturated rings. The van der Waals surface area contributed by atoms with Gasteiger partial charge in [0.1, 0.15) is 0 Å². The summed E-state index contributed by atoms with van der Waals surface area (Å²) in [6.07, 6.45) is 11.3. The van der Waals surface area contributed by atoms with Crippen molar-refractivity contribution in [1.29, 1.82) is 0 Å². The van der Waals surface area contributed by atoms with Crippen LogP contribution < -0.4 is 5.32 Å². The molecular weight excluding hydrogens is 252 g/mol. The van der Waals surface area contributed by atoms with E-state index in [9.17, 15) is 9.90 Å². The fourth-order valence-electron chi connectivity index (χ4n) is 3.54. The Bertz CT molecular complexity index is 301. The van der Waals surface area contributed by atoms with Crippen LogP contribution in [0.25, 0.3) is 0 Å². The maximum atomic E-state index is 12.2. The van der Waals surface area contributed by atoms with Crippen molar-refractivity contribution >= 4 is 6.03 Å². The number of rotatable bonds is 3. The van der Waals surface area contributed by atoms with Gasteiger partial charge in [-0.05, 0) is 25.7 Å². The topological polar surface area (TPSA) is 52.6 Å². The third-order valence-corrected chi connectivity index (χ3v) is 4.91. The Balaban J connectivity index is 1.75. The first kappa shape index (κ1) is 15.6. The normalized spacial score (nSPS) is 28.7. The molecule has 2 atom stereocenters. The van der Waals surface area contributed by atoms with Gasteiger partial charge in [0.25, 0.3) is 0 Å². The smallest absolute Gasteiger partial charge is 0.317 e. The SMILES string of the molecule is CN(CC1CCCCC1O)C(=O)NC1CCCCCC1. The first-order valence-corrected chi connectivity index (χ1v) is 8.36. The molecule has 116 valence electrons. The van der Waals surface area contributed by atoms with Crippen molar-refractivity contribution in [3.63, 3.8) is 0 Å². The van der Waals surface area contributed by atoms with Crippen LogP contribution in [0, 0.1) is 5.92 Å². The third kappa shape index (κ3) is 4.65. The zero-order valence-electron chi connectivity index (χ0n) is 12.8. The van der Waals surface area contributed by atoms with E-state index in [0.717, 1.165) is 32.1 Å². The predicted molar refractivity (Wildman–Crippen MR) is 80.6 cm³/mol. The van der Waals surface area contributed by atoms with Gasteiger partial charge in [0.05, 0.1) is 6.10 Å². The molecule has 0 aromatic heterocycles. The molecule has 0 bridgehead atoms. The summed E-state index contributed by atoms with van der Waals surface area (Å²) in [6.45, 7) is 0.680. The second-order valence-corrected chi connectivity index (χ2v) is 6.63. The maximum absolute atomic E-state index is 12.2. The number of carbonyl (C=O) groups is 1. The summed E-state index contributed by atoms with van der Waals surface area (Å²) >= 11 is 0. The second-order valence-electron chi connectivity index (χ2n) is 6.63. The Hall–Kier alpha value is -0.770. The average Bonchev–Trinajstić information content (AvgIpc) is 2.70. The van der Waals surface area contributed by atoms with E-state index in [1.165, 1.54) is 32.1 Å². The Kier molecular flexibility index (Phi) is 6.14. The number of hydrogen-bond donors (Lipinski definition) is 2. The summed E-state index contributed by atoms with van der Waals surface area (Å²) in [6, 6.07) is 0.387. The number of nitrogens with one attached hydrogen (secondary N) is 1. The van der Waals surface area contributed by atoms with Gasteiger partial charge in [-0.1, -0.05) is 38.5 Å². The molecule has 2 aliphatic rings. The van der Waals surface area contributed by atoms with Gasteiger partial charge in [-0.2, -0.15) is 0 Å². The highest BCUT2D eigenvalue weighted by Crippen LogP contribution is 2.25. The monoisotopic (exact) mass is 282 g/mol. The van der Waals surface area contributed by atoms with Crippen LogP contribution in [0.1, 0.15) is 64.2 Å². The molecule has 2 saturated carbocycles. The number of aliphatic hydroxyl groups is 1. The Labute approximate surface area is 122 Å². The predicted octanol–water partition coefficient (Wildman–Crippen LogP) is 2.90. The zero-order chi connectivity index (χ0) is 14.4. The molecule has 4 nitrogen and oxygen atoms in total. The molecule has 0 saturated heterocycles. The van der Waals surface area contributed by atoms with Crippen molar-refractivity contribution in [2.45, 2.75) is 76.4 Å². The van der Waals surface area contributed by atoms with Crippen molar-refractivity contribution < 1.29 is 9.90 Å². The summed E-state index contributed by atoms with van der Waals surface area (Å²) in [5, 5.41) is 13.2. The van der Waals surface area contributed by atoms with E-state index in [0.29, 0.717) is 12.6 Å². The summed E-state index contributed by atoms with van der Waals surface area (Å²) in [4.78, 5) is 14.0. The van der Waals surface area contributed by atoms with Crippen LogP contribution in [0.5, 0.6) is 0 Å². The van der Waals surface area contributed by atoms with Gasteiger partial charge in [-0.15, -0.1) is 0 Å². The van der Waals surface area contributed by atoms with Gasteiger partial charge in [-0.25, -0.2) is 4.79 Å². The molecule has 2 unspecified atom stereocenters. The van der Waals surface area contributed by atoms with E-state index in [4.69, 9.17) is 0 Å². The van der Waals surface area contributed by atoms with Gasteiger partial charge in [0.15, 0.2) is 0 Å². The van der Waals surface area contributed by atoms with Crippen LogP contribution >= 0.6 is 0 Å². The molecule has 0 aromatic carbocycles. The van der Waals surface area contributed by atoms with E-state index >= 15 is 0 Å². The summed E-state index contributed by atoms with van der Waals surface area (Å²) in [7, 11) is 1.85. The number of hydrogen-bond acceptors (Lipinski definition) is 2. The highest BCUT2D eigenvalue weighted by atomic mass is 16.3. The summed E-state index contributed by atoms with van der Waals surface area (Å²) in [5.41, 5.74) is 0. The first-order valence-electron chi connectivity index (χ1n) is 8.36. The van der Waals surface area contributed by atoms with Crippen LogP contribution in [0.4, 0.5) is 4.79 Å². The Morgan fingerprint density at radius 1 is 1.05 bits per heavy atom. The van der Waals surface area contributed by atoms with E-state index in [1.54, 1.807) is 4.90 Å². The van der Waals surface area contributed by atoms with Crippen molar-refractivity contribution in [3.05, 3.63) is 0 Å². The molecule has 0 heterocycles. The van der Waals surface area contributed by atoms with E-state index in [1.807, 2.05) is 7.05 Å². The fraction of sp³-hybridized carbons (Fsp3) is 0.938. The minimum absolute atomic E-state index is 0.0367. The largest absolute Gasteiger partial charge is 0.393 e. The number of urea groups is 1. The number of nitrogens with zero attached hydrogens (tertiary/aromatic N) is 1. The summed E-state index contributed by atoms with van der Waals surface area (Å²) in [5.74, 6) is 0.258. The minimum atomic E-state index is -0.225. The first-order chi connectivity index (χ1) is 9.66. The second kappa shape index (κ2) is 7.87. The lowest BCUT2D eigenvalue weighted by Crippen LogP contribution is -2.46. The number of amides is 2. The highest BCUT2D eigenvalue weighted by Gasteiger charge is 2.26. The summed E-state index contributed by atoms with van der Waals surface area (Å²) < 4.78 is 0. The standard InChI is InChI=1S/C16H30N2O2/c1-18(12-13-8-6-7-11-15(13)19)16(20)17-14-9-4-2-3-5-10-14/h13-15,19H,2-12H2,1H3,(H,17,20). The van der Waals surface area contributed by atoms with Gasteiger partial charge < -0.3 is 15.3 Å². The van der Waals surface area contributed by atoms with E-state index < -0.39 is 0 Å². The van der Waals surface area contributed by atoms with Crippen LogP contribution in [0.2, 0.25) is 0 Å². The van der Waals surface area contributed by atoms with E-state index in [-0.39, 0.29) is 18.1 Å². The highest BCUT2D eigenvalue weighted by molar-refractivity contribution is 5.74. The maximum Gasteiger partial charge on any atom is 0.317 e. The lowest BCUT2D eigenvalue weighted by Gasteiger charge is -2.32. The quantitative estimate of drug-likeness (QED) is 0.782. The Morgan fingerprint density at radius 2 is 1.65 bits per heavy atom. The molecule has 2 aliphatic carbocycles. The zero-order valence-corrected chi connectivity index (χ0v) is 12.8. The molecule has 2 N–H and O–H groups in total. The minimum Gasteiger partial charge on any atom is -0.393 e. The number of aliphatic hydroxyl groups excluding tert-OH is 1. The lowest BCUT2D eigenvalue weighted by molar-refractivity contribution is 0.0562. The molecular formula is C16H30N2O2. The molecule has 0 spiro atoms. The van der Waals surface area contributed by atoms with Gasteiger partial charge in [-0.3, -0.25) is 0 Å². The van der Waals surface area contributed by atoms with Crippen LogP contribution in [0.15, 0.2) is 0 Å². The molecule has 4 heteroatoms. The molecule has 0 radical (unpaired) electrons. The van der Waals surface area contributed by atoms with Crippen molar-refractivity contribution in [3.8, 4) is 0 Å². The molecule has 0 aromatic rings. The lowest BCUT2D eigenvalue weighted by atomic mass is 9.86. The fourth-order valence-corrected chi connectivity index (χ4v) is 3.54. The van der Waals surface area contributed by atoms with Crippen molar-refractivity contribution in [2.24, 2.45) is 5.92 Å².